The first-order valence-corrected chi connectivity index (χ1v) is 4.70. The van der Waals surface area contributed by atoms with Gasteiger partial charge in [0.1, 0.15) is 0 Å². The Morgan fingerprint density at radius 1 is 0.667 bits per heavy atom. The Hall–Kier alpha value is -1.52. The van der Waals surface area contributed by atoms with E-state index in [2.05, 4.69) is 0 Å². The van der Waals surface area contributed by atoms with Crippen molar-refractivity contribution in [1.82, 2.24) is 0 Å². The zero-order valence-corrected chi connectivity index (χ0v) is 10.1. The van der Waals surface area contributed by atoms with Gasteiger partial charge in [-0.05, 0) is 0 Å². The molecule has 1 N–H and O–H groups in total. The van der Waals surface area contributed by atoms with E-state index in [0.717, 1.165) is 0 Å². The molecule has 17 heteroatoms. The minimum atomic E-state index is -7.50. The van der Waals surface area contributed by atoms with Crippen LogP contribution in [0, 0.1) is 0 Å². The van der Waals surface area contributed by atoms with Gasteiger partial charge in [0.15, 0.2) is 0 Å². The third kappa shape index (κ3) is 4.11. The maximum absolute atomic E-state index is 13.3. The van der Waals surface area contributed by atoms with Crippen LogP contribution in [0.15, 0.2) is 0 Å². The second kappa shape index (κ2) is 5.78. The Balaban J connectivity index is 6.29. The van der Waals surface area contributed by atoms with Crippen molar-refractivity contribution in [3.05, 3.63) is 0 Å². The van der Waals surface area contributed by atoms with E-state index in [1.807, 2.05) is 0 Å². The Morgan fingerprint density at radius 3 is 1.25 bits per heavy atom. The zero-order chi connectivity index (χ0) is 20.0. The minimum absolute atomic E-state index is 1.37. The molecule has 24 heavy (non-hydrogen) atoms. The van der Waals surface area contributed by atoms with Crippen LogP contribution in [0.5, 0.6) is 0 Å². The fourth-order valence-corrected chi connectivity index (χ4v) is 0.910. The van der Waals surface area contributed by atoms with E-state index in [4.69, 9.17) is 5.11 Å². The molecule has 0 spiro atoms. The molecule has 0 aromatic carbocycles. The molecule has 0 aromatic heterocycles. The molecule has 0 fully saturated rings. The molecule has 4 nitrogen and oxygen atoms in total. The molecule has 0 aliphatic heterocycles. The summed E-state index contributed by atoms with van der Waals surface area (Å²) in [5.74, 6) is -18.4. The highest BCUT2D eigenvalue weighted by Gasteiger charge is 2.82. The topological polar surface area (TPSA) is 55.8 Å². The number of ether oxygens (including phenoxy) is 2. The maximum Gasteiger partial charge on any atom is 0.527 e. The summed E-state index contributed by atoms with van der Waals surface area (Å²) in [6.07, 6.45) is -28.7. The van der Waals surface area contributed by atoms with E-state index in [0.29, 0.717) is 0 Å². The molecule has 0 aliphatic carbocycles. The highest BCUT2D eigenvalue weighted by molar-refractivity contribution is 5.76. The standard InChI is InChI=1S/C7HF13O4/c8-2(1(21)22,4(10,11)12)23-3(9,5(13,14)15)6(16,17)24-7(18,19)20/h(H,21,22). The molecule has 0 heterocycles. The van der Waals surface area contributed by atoms with Crippen LogP contribution in [0.25, 0.3) is 0 Å². The Morgan fingerprint density at radius 2 is 1.04 bits per heavy atom. The van der Waals surface area contributed by atoms with E-state index in [-0.39, 0.29) is 0 Å². The number of carboxylic acids is 1. The summed E-state index contributed by atoms with van der Waals surface area (Å²) in [7, 11) is 0. The lowest BCUT2D eigenvalue weighted by Crippen LogP contribution is -2.66. The summed E-state index contributed by atoms with van der Waals surface area (Å²) in [6, 6.07) is 0. The molecule has 0 aliphatic rings. The average Bonchev–Trinajstić information content (AvgIpc) is 2.21. The van der Waals surface area contributed by atoms with Gasteiger partial charge in [0.05, 0.1) is 0 Å². The van der Waals surface area contributed by atoms with Crippen molar-refractivity contribution in [2.45, 2.75) is 36.5 Å². The zero-order valence-electron chi connectivity index (χ0n) is 10.1. The second-order valence-corrected chi connectivity index (χ2v) is 3.66. The van der Waals surface area contributed by atoms with Crippen LogP contribution >= 0.6 is 0 Å². The van der Waals surface area contributed by atoms with Gasteiger partial charge in [0.25, 0.3) is 0 Å². The lowest BCUT2D eigenvalue weighted by molar-refractivity contribution is -0.537. The fraction of sp³-hybridized carbons (Fsp3) is 0.857. The number of rotatable bonds is 5. The fourth-order valence-electron chi connectivity index (χ4n) is 0.910. The predicted molar refractivity (Wildman–Crippen MR) is 40.6 cm³/mol. The van der Waals surface area contributed by atoms with Crippen LogP contribution < -0.4 is 0 Å². The van der Waals surface area contributed by atoms with E-state index in [1.54, 1.807) is 4.74 Å². The minimum Gasteiger partial charge on any atom is -0.477 e. The Labute approximate surface area is 120 Å². The number of carboxylic acid groups (broad SMARTS) is 1. The normalized spacial score (nSPS) is 19.5. The monoisotopic (exact) mass is 396 g/mol. The van der Waals surface area contributed by atoms with Crippen molar-refractivity contribution in [2.24, 2.45) is 0 Å². The van der Waals surface area contributed by atoms with Gasteiger partial charge < -0.3 is 5.11 Å². The van der Waals surface area contributed by atoms with Crippen molar-refractivity contribution in [1.29, 1.82) is 0 Å². The molecule has 144 valence electrons. The summed E-state index contributed by atoms with van der Waals surface area (Å²) < 4.78 is 162. The van der Waals surface area contributed by atoms with Crippen LogP contribution in [0.4, 0.5) is 57.1 Å². The van der Waals surface area contributed by atoms with Gasteiger partial charge in [-0.2, -0.15) is 43.9 Å². The van der Waals surface area contributed by atoms with Crippen LogP contribution in [0.2, 0.25) is 0 Å². The highest BCUT2D eigenvalue weighted by Crippen LogP contribution is 2.53. The number of alkyl halides is 13. The molecule has 0 bridgehead atoms. The van der Waals surface area contributed by atoms with E-state index in [1.165, 1.54) is 4.74 Å². The SMILES string of the molecule is O=C(O)C(F)(OC(F)(C(F)(F)F)C(F)(F)OC(F)(F)F)C(F)(F)F. The van der Waals surface area contributed by atoms with Crippen LogP contribution in [-0.2, 0) is 14.3 Å². The number of hydrogen-bond donors (Lipinski definition) is 1. The number of halogens is 13. The number of carbonyl (C=O) groups is 1. The predicted octanol–water partition coefficient (Wildman–Crippen LogP) is 3.67. The largest absolute Gasteiger partial charge is 0.527 e. The molecule has 0 rings (SSSR count). The molecular formula is C7HF13O4. The summed E-state index contributed by atoms with van der Waals surface area (Å²) in [6.45, 7) is 0. The van der Waals surface area contributed by atoms with Crippen molar-refractivity contribution in [3.63, 3.8) is 0 Å². The van der Waals surface area contributed by atoms with Crippen molar-refractivity contribution >= 4 is 5.97 Å². The molecule has 2 unspecified atom stereocenters. The third-order valence-electron chi connectivity index (χ3n) is 1.90. The molecule has 0 saturated heterocycles. The van der Waals surface area contributed by atoms with E-state index >= 15 is 0 Å². The molecule has 0 radical (unpaired) electrons. The van der Waals surface area contributed by atoms with Gasteiger partial charge >= 0.3 is 42.5 Å². The summed E-state index contributed by atoms with van der Waals surface area (Å²) in [5, 5.41) is 7.83. The lowest BCUT2D eigenvalue weighted by atomic mass is 10.2. The number of aliphatic carboxylic acids is 1. The quantitative estimate of drug-likeness (QED) is 0.721. The highest BCUT2D eigenvalue weighted by atomic mass is 19.4. The maximum atomic E-state index is 13.3. The Bertz CT molecular complexity index is 478. The smallest absolute Gasteiger partial charge is 0.477 e. The van der Waals surface area contributed by atoms with E-state index in [9.17, 15) is 61.9 Å². The second-order valence-electron chi connectivity index (χ2n) is 3.66. The Kier molecular flexibility index (Phi) is 5.41. The van der Waals surface area contributed by atoms with Gasteiger partial charge in [0.2, 0.25) is 0 Å². The van der Waals surface area contributed by atoms with Crippen LogP contribution in [-0.4, -0.2) is 47.6 Å². The van der Waals surface area contributed by atoms with Gasteiger partial charge in [-0.15, -0.1) is 13.2 Å². The molecule has 0 saturated carbocycles. The van der Waals surface area contributed by atoms with E-state index < -0.39 is 42.5 Å². The number of hydrogen-bond acceptors (Lipinski definition) is 3. The molecule has 0 aromatic rings. The van der Waals surface area contributed by atoms with Gasteiger partial charge in [-0.1, -0.05) is 0 Å². The van der Waals surface area contributed by atoms with Crippen molar-refractivity contribution < 1.29 is 76.5 Å². The molecular weight excluding hydrogens is 395 g/mol. The first-order valence-electron chi connectivity index (χ1n) is 4.70. The van der Waals surface area contributed by atoms with Crippen LogP contribution in [0.1, 0.15) is 0 Å². The summed E-state index contributed by atoms with van der Waals surface area (Å²) in [4.78, 5) is 10.0. The molecule has 0 amide bonds. The first-order chi connectivity index (χ1) is 10.1. The summed E-state index contributed by atoms with van der Waals surface area (Å²) in [5.41, 5.74) is 0. The van der Waals surface area contributed by atoms with Crippen molar-refractivity contribution in [3.8, 4) is 0 Å². The molecule has 2 atom stereocenters. The van der Waals surface area contributed by atoms with Gasteiger partial charge in [0, 0.05) is 0 Å². The van der Waals surface area contributed by atoms with Gasteiger partial charge in [-0.25, -0.2) is 9.53 Å². The summed E-state index contributed by atoms with van der Waals surface area (Å²) >= 11 is 0. The lowest BCUT2D eigenvalue weighted by Gasteiger charge is -2.37. The van der Waals surface area contributed by atoms with Crippen LogP contribution in [0.3, 0.4) is 0 Å². The third-order valence-corrected chi connectivity index (χ3v) is 1.90. The first kappa shape index (κ1) is 22.5. The van der Waals surface area contributed by atoms with Crippen molar-refractivity contribution in [2.75, 3.05) is 0 Å². The van der Waals surface area contributed by atoms with Gasteiger partial charge in [-0.3, -0.25) is 4.74 Å². The average molecular weight is 396 g/mol.